The van der Waals surface area contributed by atoms with E-state index in [0.717, 1.165) is 11.3 Å². The van der Waals surface area contributed by atoms with E-state index in [2.05, 4.69) is 15.5 Å². The first-order chi connectivity index (χ1) is 10.0. The van der Waals surface area contributed by atoms with Gasteiger partial charge in [0.05, 0.1) is 18.3 Å². The van der Waals surface area contributed by atoms with Gasteiger partial charge in [0.15, 0.2) is 0 Å². The molecule has 0 aliphatic rings. The number of aromatic amines is 1. The number of ether oxygens (including phenoxy) is 1. The fourth-order valence-corrected chi connectivity index (χ4v) is 2.03. The van der Waals surface area contributed by atoms with Crippen molar-refractivity contribution in [3.8, 4) is 0 Å². The van der Waals surface area contributed by atoms with Crippen LogP contribution in [0.5, 0.6) is 0 Å². The van der Waals surface area contributed by atoms with Crippen LogP contribution in [0.15, 0.2) is 24.4 Å². The number of esters is 1. The Morgan fingerprint density at radius 2 is 2.33 bits per heavy atom. The predicted octanol–water partition coefficient (Wildman–Crippen LogP) is 2.51. The van der Waals surface area contributed by atoms with E-state index in [1.165, 1.54) is 19.2 Å². The molecule has 1 aromatic carbocycles. The number of hydrogen-bond acceptors (Lipinski definition) is 4. The second-order valence-electron chi connectivity index (χ2n) is 4.53. The number of nitrogens with one attached hydrogen (secondary N) is 2. The maximum atomic E-state index is 13.6. The number of hydrogen-bond donors (Lipinski definition) is 2. The van der Waals surface area contributed by atoms with Gasteiger partial charge in [-0.15, -0.1) is 0 Å². The fourth-order valence-electron chi connectivity index (χ4n) is 1.91. The van der Waals surface area contributed by atoms with Crippen LogP contribution in [0.4, 0.5) is 4.39 Å². The summed E-state index contributed by atoms with van der Waals surface area (Å²) in [6, 6.07) is 3.44. The van der Waals surface area contributed by atoms with Gasteiger partial charge >= 0.3 is 5.97 Å². The van der Waals surface area contributed by atoms with Crippen molar-refractivity contribution >= 4 is 17.6 Å². The van der Waals surface area contributed by atoms with Gasteiger partial charge in [-0.1, -0.05) is 17.7 Å². The van der Waals surface area contributed by atoms with Crippen LogP contribution >= 0.6 is 11.6 Å². The number of methoxy groups -OCH3 is 1. The molecule has 21 heavy (non-hydrogen) atoms. The van der Waals surface area contributed by atoms with Crippen LogP contribution in [0.25, 0.3) is 0 Å². The number of halogens is 2. The molecule has 1 heterocycles. The Kier molecular flexibility index (Phi) is 4.93. The molecule has 0 saturated heterocycles. The van der Waals surface area contributed by atoms with Crippen molar-refractivity contribution in [3.63, 3.8) is 0 Å². The molecule has 2 aromatic rings. The predicted molar refractivity (Wildman–Crippen MR) is 76.3 cm³/mol. The van der Waals surface area contributed by atoms with Crippen LogP contribution in [0, 0.1) is 12.7 Å². The number of rotatable bonds is 5. The van der Waals surface area contributed by atoms with E-state index in [-0.39, 0.29) is 5.02 Å². The van der Waals surface area contributed by atoms with E-state index in [1.54, 1.807) is 12.3 Å². The normalized spacial score (nSPS) is 12.2. The molecule has 1 atom stereocenters. The van der Waals surface area contributed by atoms with Gasteiger partial charge in [0.1, 0.15) is 11.9 Å². The molecule has 5 nitrogen and oxygen atoms in total. The van der Waals surface area contributed by atoms with Crippen molar-refractivity contribution in [2.75, 3.05) is 7.11 Å². The standard InChI is InChI=1S/C14H15ClFN3O2/c1-8-10(7-18-19-8)6-17-13(14(20)21-2)9-3-4-11(15)12(16)5-9/h3-5,7,13,17H,6H2,1-2H3,(H,18,19)/t13-/m0/s1. The van der Waals surface area contributed by atoms with Crippen molar-refractivity contribution in [1.82, 2.24) is 15.5 Å². The summed E-state index contributed by atoms with van der Waals surface area (Å²) in [5, 5.41) is 9.75. The third kappa shape index (κ3) is 3.59. The Morgan fingerprint density at radius 3 is 2.90 bits per heavy atom. The number of benzene rings is 1. The van der Waals surface area contributed by atoms with Gasteiger partial charge in [-0.3, -0.25) is 10.4 Å². The first-order valence-corrected chi connectivity index (χ1v) is 6.65. The van der Waals surface area contributed by atoms with Crippen LogP contribution in [-0.2, 0) is 16.1 Å². The van der Waals surface area contributed by atoms with Gasteiger partial charge in [0, 0.05) is 17.8 Å². The molecule has 2 rings (SSSR count). The Balaban J connectivity index is 2.20. The molecule has 2 N–H and O–H groups in total. The lowest BCUT2D eigenvalue weighted by Crippen LogP contribution is -2.29. The number of aryl methyl sites for hydroxylation is 1. The summed E-state index contributed by atoms with van der Waals surface area (Å²) in [4.78, 5) is 11.9. The van der Waals surface area contributed by atoms with E-state index in [4.69, 9.17) is 16.3 Å². The average Bonchev–Trinajstić information content (AvgIpc) is 2.88. The zero-order valence-corrected chi connectivity index (χ0v) is 12.4. The van der Waals surface area contributed by atoms with E-state index in [0.29, 0.717) is 12.1 Å². The highest BCUT2D eigenvalue weighted by atomic mass is 35.5. The lowest BCUT2D eigenvalue weighted by Gasteiger charge is -2.17. The Labute approximate surface area is 126 Å². The number of nitrogens with zero attached hydrogens (tertiary/aromatic N) is 1. The third-order valence-corrected chi connectivity index (χ3v) is 3.45. The van der Waals surface area contributed by atoms with E-state index in [9.17, 15) is 9.18 Å². The van der Waals surface area contributed by atoms with Crippen molar-refractivity contribution in [2.24, 2.45) is 0 Å². The lowest BCUT2D eigenvalue weighted by molar-refractivity contribution is -0.143. The molecule has 1 aromatic heterocycles. The first kappa shape index (κ1) is 15.5. The topological polar surface area (TPSA) is 67.0 Å². The van der Waals surface area contributed by atoms with Crippen molar-refractivity contribution in [1.29, 1.82) is 0 Å². The molecule has 0 unspecified atom stereocenters. The van der Waals surface area contributed by atoms with Gasteiger partial charge in [0.2, 0.25) is 0 Å². The van der Waals surface area contributed by atoms with Gasteiger partial charge in [-0.05, 0) is 24.6 Å². The molecule has 112 valence electrons. The van der Waals surface area contributed by atoms with E-state index < -0.39 is 17.8 Å². The SMILES string of the molecule is COC(=O)[C@@H](NCc1cn[nH]c1C)c1ccc(Cl)c(F)c1. The van der Waals surface area contributed by atoms with Crippen LogP contribution in [0.3, 0.4) is 0 Å². The van der Waals surface area contributed by atoms with Crippen molar-refractivity contribution in [2.45, 2.75) is 19.5 Å². The Hall–Kier alpha value is -1.92. The van der Waals surface area contributed by atoms with Crippen molar-refractivity contribution < 1.29 is 13.9 Å². The maximum Gasteiger partial charge on any atom is 0.327 e. The molecule has 0 fully saturated rings. The molecular weight excluding hydrogens is 297 g/mol. The lowest BCUT2D eigenvalue weighted by atomic mass is 10.1. The van der Waals surface area contributed by atoms with Crippen molar-refractivity contribution in [3.05, 3.63) is 52.1 Å². The molecule has 0 aliphatic carbocycles. The van der Waals surface area contributed by atoms with E-state index >= 15 is 0 Å². The highest BCUT2D eigenvalue weighted by Crippen LogP contribution is 2.21. The fraction of sp³-hybridized carbons (Fsp3) is 0.286. The Bertz CT molecular complexity index is 645. The van der Waals surface area contributed by atoms with Crippen LogP contribution in [0.2, 0.25) is 5.02 Å². The molecule has 0 aliphatic heterocycles. The smallest absolute Gasteiger partial charge is 0.327 e. The average molecular weight is 312 g/mol. The van der Waals surface area contributed by atoms with Gasteiger partial charge < -0.3 is 4.74 Å². The van der Waals surface area contributed by atoms with Gasteiger partial charge in [0.25, 0.3) is 0 Å². The molecule has 0 radical (unpaired) electrons. The third-order valence-electron chi connectivity index (χ3n) is 3.14. The number of carbonyl (C=O) groups excluding carboxylic acids is 1. The minimum absolute atomic E-state index is 0.00745. The molecule has 0 bridgehead atoms. The summed E-state index contributed by atoms with van der Waals surface area (Å²) in [5.74, 6) is -1.08. The highest BCUT2D eigenvalue weighted by molar-refractivity contribution is 6.30. The summed E-state index contributed by atoms with van der Waals surface area (Å²) in [6.07, 6.45) is 1.67. The quantitative estimate of drug-likeness (QED) is 0.833. The zero-order chi connectivity index (χ0) is 15.4. The number of H-pyrrole nitrogens is 1. The maximum absolute atomic E-state index is 13.6. The summed E-state index contributed by atoms with van der Waals surface area (Å²) in [6.45, 7) is 2.27. The molecule has 7 heteroatoms. The summed E-state index contributed by atoms with van der Waals surface area (Å²) >= 11 is 5.65. The monoisotopic (exact) mass is 311 g/mol. The molecule has 0 spiro atoms. The number of carbonyl (C=O) groups is 1. The second-order valence-corrected chi connectivity index (χ2v) is 4.94. The minimum atomic E-state index is -0.781. The first-order valence-electron chi connectivity index (χ1n) is 6.28. The van der Waals surface area contributed by atoms with Gasteiger partial charge in [-0.25, -0.2) is 9.18 Å². The van der Waals surface area contributed by atoms with Gasteiger partial charge in [-0.2, -0.15) is 5.10 Å². The zero-order valence-electron chi connectivity index (χ0n) is 11.6. The summed E-state index contributed by atoms with van der Waals surface area (Å²) in [5.41, 5.74) is 2.26. The Morgan fingerprint density at radius 1 is 1.57 bits per heavy atom. The second kappa shape index (κ2) is 6.69. The van der Waals surface area contributed by atoms with E-state index in [1.807, 2.05) is 6.92 Å². The summed E-state index contributed by atoms with van der Waals surface area (Å²) in [7, 11) is 1.28. The molecule has 0 amide bonds. The van der Waals surface area contributed by atoms with Crippen LogP contribution in [0.1, 0.15) is 22.9 Å². The largest absolute Gasteiger partial charge is 0.468 e. The van der Waals surface area contributed by atoms with Crippen LogP contribution in [-0.4, -0.2) is 23.3 Å². The summed E-state index contributed by atoms with van der Waals surface area (Å²) < 4.78 is 18.3. The highest BCUT2D eigenvalue weighted by Gasteiger charge is 2.22. The molecular formula is C14H15ClFN3O2. The number of aromatic nitrogens is 2. The van der Waals surface area contributed by atoms with Crippen LogP contribution < -0.4 is 5.32 Å². The minimum Gasteiger partial charge on any atom is -0.468 e. The molecule has 0 saturated carbocycles.